The number of carbonyl (C=O) groups is 1. The van der Waals surface area contributed by atoms with Crippen LogP contribution in [-0.4, -0.2) is 27.4 Å². The number of amides is 1. The topological polar surface area (TPSA) is 55.2 Å². The van der Waals surface area contributed by atoms with Crippen LogP contribution in [0.15, 0.2) is 53.3 Å². The first kappa shape index (κ1) is 21.8. The van der Waals surface area contributed by atoms with Gasteiger partial charge in [0, 0.05) is 13.5 Å². The Balaban J connectivity index is 2.23. The molecule has 3 rings (SSSR count). The first-order valence-corrected chi connectivity index (χ1v) is 10.5. The van der Waals surface area contributed by atoms with Gasteiger partial charge in [-0.2, -0.15) is 0 Å². The van der Waals surface area contributed by atoms with E-state index < -0.39 is 0 Å². The Morgan fingerprint density at radius 3 is 2.40 bits per heavy atom. The molecule has 5 heteroatoms. The van der Waals surface area contributed by atoms with Crippen LogP contribution >= 0.6 is 0 Å². The summed E-state index contributed by atoms with van der Waals surface area (Å²) < 4.78 is 1.69. The van der Waals surface area contributed by atoms with Crippen molar-refractivity contribution in [3.05, 3.63) is 70.3 Å². The van der Waals surface area contributed by atoms with Crippen molar-refractivity contribution in [3.63, 3.8) is 0 Å². The Hall–Kier alpha value is -2.95. The van der Waals surface area contributed by atoms with Crippen molar-refractivity contribution in [2.24, 2.45) is 5.41 Å². The van der Waals surface area contributed by atoms with Gasteiger partial charge < -0.3 is 4.90 Å². The fourth-order valence-corrected chi connectivity index (χ4v) is 3.66. The number of aryl methyl sites for hydroxylation is 1. The fourth-order valence-electron chi connectivity index (χ4n) is 3.66. The maximum absolute atomic E-state index is 13.6. The second-order valence-electron chi connectivity index (χ2n) is 9.03. The van der Waals surface area contributed by atoms with Crippen molar-refractivity contribution in [3.8, 4) is 5.69 Å². The highest BCUT2D eigenvalue weighted by Gasteiger charge is 2.27. The molecule has 0 radical (unpaired) electrons. The van der Waals surface area contributed by atoms with Crippen LogP contribution in [-0.2, 0) is 11.2 Å². The van der Waals surface area contributed by atoms with Crippen LogP contribution in [0.1, 0.15) is 58.5 Å². The molecule has 158 valence electrons. The predicted octanol–water partition coefficient (Wildman–Crippen LogP) is 4.90. The molecule has 1 aromatic heterocycles. The molecule has 0 aliphatic heterocycles. The lowest BCUT2D eigenvalue weighted by atomic mass is 9.91. The summed E-state index contributed by atoms with van der Waals surface area (Å²) >= 11 is 0. The van der Waals surface area contributed by atoms with Crippen molar-refractivity contribution in [2.75, 3.05) is 7.05 Å². The highest BCUT2D eigenvalue weighted by atomic mass is 16.2. The van der Waals surface area contributed by atoms with Gasteiger partial charge in [0.15, 0.2) is 0 Å². The number of hydrogen-bond donors (Lipinski definition) is 0. The summed E-state index contributed by atoms with van der Waals surface area (Å²) in [6.07, 6.45) is 1.22. The van der Waals surface area contributed by atoms with E-state index in [0.717, 1.165) is 17.7 Å². The molecule has 0 fully saturated rings. The maximum atomic E-state index is 13.6. The molecular formula is C25H31N3O2. The lowest BCUT2D eigenvalue weighted by Crippen LogP contribution is -2.36. The van der Waals surface area contributed by atoms with E-state index in [0.29, 0.717) is 23.1 Å². The van der Waals surface area contributed by atoms with Gasteiger partial charge in [-0.15, -0.1) is 0 Å². The van der Waals surface area contributed by atoms with Gasteiger partial charge in [-0.05, 0) is 42.5 Å². The van der Waals surface area contributed by atoms with E-state index in [9.17, 15) is 9.59 Å². The van der Waals surface area contributed by atoms with E-state index in [2.05, 4.69) is 6.92 Å². The lowest BCUT2D eigenvalue weighted by molar-refractivity contribution is -0.133. The third-order valence-corrected chi connectivity index (χ3v) is 5.44. The van der Waals surface area contributed by atoms with Gasteiger partial charge in [0.1, 0.15) is 5.82 Å². The molecule has 0 bridgehead atoms. The van der Waals surface area contributed by atoms with Crippen molar-refractivity contribution in [1.82, 2.24) is 14.5 Å². The Morgan fingerprint density at radius 2 is 1.73 bits per heavy atom. The SMILES string of the molecule is CCc1ccccc1-n1c(C(C)N(C)C(=O)CC(C)(C)C)nc2ccccc2c1=O. The third kappa shape index (κ3) is 4.30. The number of fused-ring (bicyclic) bond motifs is 1. The van der Waals surface area contributed by atoms with E-state index in [1.807, 2.05) is 70.2 Å². The molecule has 0 saturated heterocycles. The highest BCUT2D eigenvalue weighted by Crippen LogP contribution is 2.26. The zero-order chi connectivity index (χ0) is 22.1. The molecule has 0 saturated carbocycles. The molecule has 1 heterocycles. The smallest absolute Gasteiger partial charge is 0.266 e. The quantitative estimate of drug-likeness (QED) is 0.606. The van der Waals surface area contributed by atoms with Gasteiger partial charge in [-0.3, -0.25) is 14.2 Å². The molecule has 1 unspecified atom stereocenters. The maximum Gasteiger partial charge on any atom is 0.266 e. The van der Waals surface area contributed by atoms with Crippen LogP contribution in [0.25, 0.3) is 16.6 Å². The number of carbonyl (C=O) groups excluding carboxylic acids is 1. The second-order valence-corrected chi connectivity index (χ2v) is 9.03. The minimum absolute atomic E-state index is 0.0349. The second kappa shape index (κ2) is 8.42. The Morgan fingerprint density at radius 1 is 1.10 bits per heavy atom. The summed E-state index contributed by atoms with van der Waals surface area (Å²) in [6, 6.07) is 14.9. The van der Waals surface area contributed by atoms with E-state index in [4.69, 9.17) is 4.98 Å². The Bertz CT molecular complexity index is 1130. The van der Waals surface area contributed by atoms with E-state index in [-0.39, 0.29) is 22.9 Å². The standard InChI is InChI=1S/C25H31N3O2/c1-7-18-12-8-11-15-21(18)28-23(17(2)27(6)22(29)16-25(3,4)5)26-20-14-10-9-13-19(20)24(28)30/h8-15,17H,7,16H2,1-6H3. The van der Waals surface area contributed by atoms with Crippen LogP contribution in [0.4, 0.5) is 0 Å². The van der Waals surface area contributed by atoms with Gasteiger partial charge >= 0.3 is 0 Å². The van der Waals surface area contributed by atoms with Crippen LogP contribution in [0.2, 0.25) is 0 Å². The summed E-state index contributed by atoms with van der Waals surface area (Å²) in [5, 5.41) is 0.572. The number of benzene rings is 2. The molecule has 0 spiro atoms. The molecule has 0 N–H and O–H groups in total. The van der Waals surface area contributed by atoms with Gasteiger partial charge in [0.05, 0.1) is 22.6 Å². The minimum Gasteiger partial charge on any atom is -0.336 e. The predicted molar refractivity (Wildman–Crippen MR) is 122 cm³/mol. The van der Waals surface area contributed by atoms with Gasteiger partial charge in [0.2, 0.25) is 5.91 Å². The molecule has 0 aliphatic carbocycles. The molecule has 1 atom stereocenters. The average molecular weight is 406 g/mol. The van der Waals surface area contributed by atoms with Crippen molar-refractivity contribution in [1.29, 1.82) is 0 Å². The van der Waals surface area contributed by atoms with Crippen molar-refractivity contribution >= 4 is 16.8 Å². The van der Waals surface area contributed by atoms with Gasteiger partial charge in [0.25, 0.3) is 5.56 Å². The van der Waals surface area contributed by atoms with E-state index in [1.54, 1.807) is 22.6 Å². The molecular weight excluding hydrogens is 374 g/mol. The zero-order valence-corrected chi connectivity index (χ0v) is 18.8. The molecule has 3 aromatic rings. The first-order chi connectivity index (χ1) is 14.1. The van der Waals surface area contributed by atoms with Gasteiger partial charge in [-0.25, -0.2) is 4.98 Å². The van der Waals surface area contributed by atoms with Crippen LogP contribution < -0.4 is 5.56 Å². The van der Waals surface area contributed by atoms with Crippen LogP contribution in [0, 0.1) is 5.41 Å². The number of aromatic nitrogens is 2. The monoisotopic (exact) mass is 405 g/mol. The average Bonchev–Trinajstić information content (AvgIpc) is 2.71. The normalized spacial score (nSPS) is 12.7. The van der Waals surface area contributed by atoms with Crippen molar-refractivity contribution < 1.29 is 4.79 Å². The lowest BCUT2D eigenvalue weighted by Gasteiger charge is -2.30. The number of rotatable bonds is 5. The van der Waals surface area contributed by atoms with Gasteiger partial charge in [-0.1, -0.05) is 58.0 Å². The summed E-state index contributed by atoms with van der Waals surface area (Å²) in [7, 11) is 1.79. The summed E-state index contributed by atoms with van der Waals surface area (Å²) in [4.78, 5) is 33.0. The van der Waals surface area contributed by atoms with Crippen LogP contribution in [0.3, 0.4) is 0 Å². The largest absolute Gasteiger partial charge is 0.336 e. The van der Waals surface area contributed by atoms with Crippen molar-refractivity contribution in [2.45, 2.75) is 53.5 Å². The number of nitrogens with zero attached hydrogens (tertiary/aromatic N) is 3. The van der Waals surface area contributed by atoms with E-state index >= 15 is 0 Å². The summed E-state index contributed by atoms with van der Waals surface area (Å²) in [6.45, 7) is 10.1. The molecule has 2 aromatic carbocycles. The fraction of sp³-hybridized carbons (Fsp3) is 0.400. The number of para-hydroxylation sites is 2. The highest BCUT2D eigenvalue weighted by molar-refractivity contribution is 5.79. The molecule has 1 amide bonds. The zero-order valence-electron chi connectivity index (χ0n) is 18.8. The molecule has 30 heavy (non-hydrogen) atoms. The summed E-state index contributed by atoms with van der Waals surface area (Å²) in [5.41, 5.74) is 2.30. The first-order valence-electron chi connectivity index (χ1n) is 10.5. The molecule has 5 nitrogen and oxygen atoms in total. The minimum atomic E-state index is -0.359. The Kier molecular flexibility index (Phi) is 6.11. The van der Waals surface area contributed by atoms with Crippen LogP contribution in [0.5, 0.6) is 0 Å². The third-order valence-electron chi connectivity index (χ3n) is 5.44. The summed E-state index contributed by atoms with van der Waals surface area (Å²) in [5.74, 6) is 0.608. The molecule has 0 aliphatic rings. The van der Waals surface area contributed by atoms with E-state index in [1.165, 1.54) is 0 Å². The Labute approximate surface area is 178 Å². The number of hydrogen-bond acceptors (Lipinski definition) is 3.